The Kier molecular flexibility index (Phi) is 8.98. The van der Waals surface area contributed by atoms with E-state index in [1.54, 1.807) is 6.92 Å². The molecular formula is C32H36N2O4S. The number of benzene rings is 2. The van der Waals surface area contributed by atoms with Crippen LogP contribution in [0.2, 0.25) is 0 Å². The predicted molar refractivity (Wildman–Crippen MR) is 157 cm³/mol. The molecule has 4 rings (SSSR count). The van der Waals surface area contributed by atoms with Crippen LogP contribution >= 0.6 is 11.3 Å². The van der Waals surface area contributed by atoms with E-state index >= 15 is 0 Å². The van der Waals surface area contributed by atoms with E-state index in [9.17, 15) is 9.59 Å². The number of carbonyl (C=O) groups is 2. The Bertz CT molecular complexity index is 1340. The van der Waals surface area contributed by atoms with Gasteiger partial charge < -0.3 is 19.6 Å². The highest BCUT2D eigenvalue weighted by Gasteiger charge is 2.24. The Hall–Kier alpha value is -3.76. The Morgan fingerprint density at radius 2 is 1.64 bits per heavy atom. The van der Waals surface area contributed by atoms with E-state index in [-0.39, 0.29) is 23.7 Å². The number of anilines is 1. The summed E-state index contributed by atoms with van der Waals surface area (Å²) >= 11 is 1.46. The maximum Gasteiger partial charge on any atom is 0.304 e. The standard InChI is InChI=1S/C32H36N2O4S/c1-5-6-24(21-30(35)36)23-7-13-27(14-8-23)38-22-28-15-16-29(39-28)31(37)34-19-17-33(18-20-34)26-11-9-25(10-12-26)32(2,3)4/h7-16,24H,17-22H2,1-4H3,(H,35,36). The summed E-state index contributed by atoms with van der Waals surface area (Å²) in [6, 6.07) is 20.0. The monoisotopic (exact) mass is 544 g/mol. The average Bonchev–Trinajstić information content (AvgIpc) is 3.40. The third kappa shape index (κ3) is 7.42. The van der Waals surface area contributed by atoms with Crippen molar-refractivity contribution < 1.29 is 19.4 Å². The van der Waals surface area contributed by atoms with Crippen molar-refractivity contribution in [2.45, 2.75) is 52.1 Å². The lowest BCUT2D eigenvalue weighted by Crippen LogP contribution is -2.48. The number of carboxylic acid groups (broad SMARTS) is 1. The Morgan fingerprint density at radius 1 is 0.974 bits per heavy atom. The number of hydrogen-bond acceptors (Lipinski definition) is 5. The van der Waals surface area contributed by atoms with Gasteiger partial charge in [0.05, 0.1) is 17.2 Å². The minimum Gasteiger partial charge on any atom is -0.488 e. The quantitative estimate of drug-likeness (QED) is 0.344. The molecule has 0 bridgehead atoms. The van der Waals surface area contributed by atoms with Gasteiger partial charge in [-0.3, -0.25) is 9.59 Å². The molecule has 1 aliphatic rings. The molecule has 1 atom stereocenters. The maximum absolute atomic E-state index is 13.1. The lowest BCUT2D eigenvalue weighted by atomic mass is 9.87. The summed E-state index contributed by atoms with van der Waals surface area (Å²) in [7, 11) is 0. The Balaban J connectivity index is 1.28. The first-order valence-corrected chi connectivity index (χ1v) is 14.1. The maximum atomic E-state index is 13.1. The van der Waals surface area contributed by atoms with E-state index in [1.165, 1.54) is 22.6 Å². The first kappa shape index (κ1) is 28.3. The highest BCUT2D eigenvalue weighted by molar-refractivity contribution is 7.14. The second kappa shape index (κ2) is 12.4. The third-order valence-electron chi connectivity index (χ3n) is 6.90. The summed E-state index contributed by atoms with van der Waals surface area (Å²) in [5.74, 6) is 5.30. The van der Waals surface area contributed by atoms with Crippen molar-refractivity contribution >= 4 is 28.9 Å². The van der Waals surface area contributed by atoms with Crippen molar-refractivity contribution in [3.8, 4) is 17.6 Å². The van der Waals surface area contributed by atoms with Gasteiger partial charge >= 0.3 is 5.97 Å². The van der Waals surface area contributed by atoms with Gasteiger partial charge in [-0.2, -0.15) is 0 Å². The van der Waals surface area contributed by atoms with Crippen molar-refractivity contribution in [1.29, 1.82) is 0 Å². The molecule has 39 heavy (non-hydrogen) atoms. The van der Waals surface area contributed by atoms with E-state index in [2.05, 4.69) is 61.8 Å². The van der Waals surface area contributed by atoms with E-state index in [1.807, 2.05) is 41.3 Å². The summed E-state index contributed by atoms with van der Waals surface area (Å²) in [6.07, 6.45) is -0.0351. The SMILES string of the molecule is CC#CC(CC(=O)O)c1ccc(OCc2ccc(C(=O)N3CCN(c4ccc(C(C)(C)C)cc4)CC3)s2)cc1. The zero-order valence-electron chi connectivity index (χ0n) is 23.1. The number of carbonyl (C=O) groups excluding carboxylic acids is 1. The van der Waals surface area contributed by atoms with E-state index in [0.717, 1.165) is 28.4 Å². The molecule has 1 N–H and O–H groups in total. The van der Waals surface area contributed by atoms with Gasteiger partial charge in [0, 0.05) is 36.7 Å². The van der Waals surface area contributed by atoms with Gasteiger partial charge in [0.15, 0.2) is 0 Å². The summed E-state index contributed by atoms with van der Waals surface area (Å²) in [4.78, 5) is 30.2. The number of piperazine rings is 1. The van der Waals surface area contributed by atoms with Crippen molar-refractivity contribution in [3.05, 3.63) is 81.5 Å². The normalized spacial score (nSPS) is 14.4. The van der Waals surface area contributed by atoms with Crippen LogP contribution in [-0.4, -0.2) is 48.1 Å². The van der Waals surface area contributed by atoms with Crippen molar-refractivity contribution in [2.75, 3.05) is 31.1 Å². The van der Waals surface area contributed by atoms with Crippen LogP contribution < -0.4 is 9.64 Å². The summed E-state index contributed by atoms with van der Waals surface area (Å²) < 4.78 is 5.93. The van der Waals surface area contributed by atoms with Gasteiger partial charge in [0.1, 0.15) is 12.4 Å². The topological polar surface area (TPSA) is 70.1 Å². The molecule has 0 spiro atoms. The molecule has 1 aromatic heterocycles. The van der Waals surface area contributed by atoms with Crippen LogP contribution in [0.1, 0.15) is 65.7 Å². The fourth-order valence-electron chi connectivity index (χ4n) is 4.62. The van der Waals surface area contributed by atoms with Gasteiger partial charge in [-0.05, 0) is 59.9 Å². The second-order valence-electron chi connectivity index (χ2n) is 10.7. The molecule has 1 amide bonds. The number of amides is 1. The highest BCUT2D eigenvalue weighted by atomic mass is 32.1. The summed E-state index contributed by atoms with van der Waals surface area (Å²) in [5.41, 5.74) is 3.51. The molecule has 2 aromatic carbocycles. The Morgan fingerprint density at radius 3 is 2.23 bits per heavy atom. The number of carboxylic acids is 1. The van der Waals surface area contributed by atoms with Gasteiger partial charge in [-0.1, -0.05) is 51.0 Å². The second-order valence-corrected chi connectivity index (χ2v) is 11.9. The zero-order chi connectivity index (χ0) is 28.0. The largest absolute Gasteiger partial charge is 0.488 e. The van der Waals surface area contributed by atoms with E-state index < -0.39 is 5.97 Å². The number of aliphatic carboxylic acids is 1. The molecule has 0 aliphatic carbocycles. The molecule has 7 heteroatoms. The van der Waals surface area contributed by atoms with Crippen LogP contribution in [0.25, 0.3) is 0 Å². The van der Waals surface area contributed by atoms with Gasteiger partial charge in [0.2, 0.25) is 0 Å². The lowest BCUT2D eigenvalue weighted by Gasteiger charge is -2.36. The molecule has 1 saturated heterocycles. The highest BCUT2D eigenvalue weighted by Crippen LogP contribution is 2.27. The van der Waals surface area contributed by atoms with Crippen molar-refractivity contribution in [2.24, 2.45) is 0 Å². The Labute approximate surface area is 235 Å². The van der Waals surface area contributed by atoms with Crippen LogP contribution in [0, 0.1) is 11.8 Å². The molecule has 0 saturated carbocycles. The van der Waals surface area contributed by atoms with E-state index in [4.69, 9.17) is 9.84 Å². The fraction of sp³-hybridized carbons (Fsp3) is 0.375. The van der Waals surface area contributed by atoms with Crippen LogP contribution in [0.4, 0.5) is 5.69 Å². The summed E-state index contributed by atoms with van der Waals surface area (Å²) in [5, 5.41) is 9.13. The lowest BCUT2D eigenvalue weighted by molar-refractivity contribution is -0.137. The molecule has 6 nitrogen and oxygen atoms in total. The molecule has 0 radical (unpaired) electrons. The van der Waals surface area contributed by atoms with Gasteiger partial charge in [0.25, 0.3) is 5.91 Å². The smallest absolute Gasteiger partial charge is 0.304 e. The number of rotatable bonds is 8. The first-order chi connectivity index (χ1) is 18.6. The van der Waals surface area contributed by atoms with Crippen molar-refractivity contribution in [3.63, 3.8) is 0 Å². The molecule has 1 fully saturated rings. The number of nitrogens with zero attached hydrogens (tertiary/aromatic N) is 2. The van der Waals surface area contributed by atoms with Gasteiger partial charge in [-0.15, -0.1) is 17.3 Å². The number of thiophene rings is 1. The zero-order valence-corrected chi connectivity index (χ0v) is 23.9. The minimum atomic E-state index is -0.876. The average molecular weight is 545 g/mol. The molecule has 3 aromatic rings. The molecule has 2 heterocycles. The number of ether oxygens (including phenoxy) is 1. The molecular weight excluding hydrogens is 508 g/mol. The number of hydrogen-bond donors (Lipinski definition) is 1. The molecule has 204 valence electrons. The predicted octanol–water partition coefficient (Wildman–Crippen LogP) is 6.17. The van der Waals surface area contributed by atoms with Crippen LogP contribution in [-0.2, 0) is 16.8 Å². The van der Waals surface area contributed by atoms with E-state index in [0.29, 0.717) is 25.4 Å². The van der Waals surface area contributed by atoms with Crippen LogP contribution in [0.15, 0.2) is 60.7 Å². The minimum absolute atomic E-state index is 0.0351. The molecule has 1 aliphatic heterocycles. The van der Waals surface area contributed by atoms with Crippen LogP contribution in [0.5, 0.6) is 5.75 Å². The molecule has 1 unspecified atom stereocenters. The van der Waals surface area contributed by atoms with Crippen molar-refractivity contribution in [1.82, 2.24) is 4.90 Å². The third-order valence-corrected chi connectivity index (χ3v) is 7.95. The first-order valence-electron chi connectivity index (χ1n) is 13.2. The van der Waals surface area contributed by atoms with Crippen LogP contribution in [0.3, 0.4) is 0 Å². The van der Waals surface area contributed by atoms with Gasteiger partial charge in [-0.25, -0.2) is 0 Å². The fourth-order valence-corrected chi connectivity index (χ4v) is 5.51. The summed E-state index contributed by atoms with van der Waals surface area (Å²) in [6.45, 7) is 11.7.